The van der Waals surface area contributed by atoms with E-state index in [1.807, 2.05) is 35.0 Å². The van der Waals surface area contributed by atoms with Gasteiger partial charge in [0.15, 0.2) is 0 Å². The van der Waals surface area contributed by atoms with Crippen LogP contribution in [0.3, 0.4) is 0 Å². The number of amides is 1. The van der Waals surface area contributed by atoms with E-state index in [2.05, 4.69) is 15.4 Å². The molecule has 6 nitrogen and oxygen atoms in total. The summed E-state index contributed by atoms with van der Waals surface area (Å²) in [6, 6.07) is 12.9. The predicted octanol–water partition coefficient (Wildman–Crippen LogP) is 2.87. The summed E-state index contributed by atoms with van der Waals surface area (Å²) in [4.78, 5) is 16.4. The van der Waals surface area contributed by atoms with E-state index in [1.165, 1.54) is 0 Å². The molecule has 0 spiro atoms. The number of carbonyl (C=O) groups excluding carboxylic acids is 1. The monoisotopic (exact) mass is 368 g/mol. The van der Waals surface area contributed by atoms with Crippen LogP contribution in [-0.4, -0.2) is 26.8 Å². The molecule has 1 N–H and O–H groups in total. The van der Waals surface area contributed by atoms with Gasteiger partial charge in [0.1, 0.15) is 17.5 Å². The van der Waals surface area contributed by atoms with E-state index < -0.39 is 0 Å². The standard InChI is InChI=1S/C19H17ClN4O2/c20-14-5-3-13(4-6-14)10-22-19(25)18-9-15-8-17(12-24(15)23-18)26-16-2-1-7-21-11-16/h1-7,9,11,17H,8,10,12H2,(H,22,25)/t17-/m0/s1. The molecule has 1 atom stereocenters. The molecule has 3 heterocycles. The highest BCUT2D eigenvalue weighted by Crippen LogP contribution is 2.21. The molecule has 4 rings (SSSR count). The van der Waals surface area contributed by atoms with Gasteiger partial charge in [0.05, 0.1) is 12.7 Å². The predicted molar refractivity (Wildman–Crippen MR) is 97.2 cm³/mol. The van der Waals surface area contributed by atoms with Crippen LogP contribution < -0.4 is 10.1 Å². The number of rotatable bonds is 5. The molecule has 0 unspecified atom stereocenters. The maximum atomic E-state index is 12.3. The van der Waals surface area contributed by atoms with E-state index in [4.69, 9.17) is 16.3 Å². The second-order valence-electron chi connectivity index (χ2n) is 6.14. The van der Waals surface area contributed by atoms with Gasteiger partial charge < -0.3 is 10.1 Å². The first-order valence-electron chi connectivity index (χ1n) is 8.33. The molecular formula is C19H17ClN4O2. The van der Waals surface area contributed by atoms with E-state index in [0.717, 1.165) is 17.0 Å². The van der Waals surface area contributed by atoms with Crippen molar-refractivity contribution < 1.29 is 9.53 Å². The van der Waals surface area contributed by atoms with Crippen molar-refractivity contribution in [1.82, 2.24) is 20.1 Å². The summed E-state index contributed by atoms with van der Waals surface area (Å²) in [5.41, 5.74) is 2.41. The van der Waals surface area contributed by atoms with Gasteiger partial charge in [-0.25, -0.2) is 0 Å². The van der Waals surface area contributed by atoms with Crippen molar-refractivity contribution in [3.63, 3.8) is 0 Å². The fraction of sp³-hybridized carbons (Fsp3) is 0.211. The minimum atomic E-state index is -0.188. The Bertz CT molecular complexity index is 886. The van der Waals surface area contributed by atoms with Crippen molar-refractivity contribution in [2.45, 2.75) is 25.6 Å². The van der Waals surface area contributed by atoms with Gasteiger partial charge in [-0.3, -0.25) is 14.5 Å². The third kappa shape index (κ3) is 3.70. The average Bonchev–Trinajstić information content (AvgIpc) is 3.20. The Labute approximate surface area is 155 Å². The molecule has 132 valence electrons. The zero-order valence-electron chi connectivity index (χ0n) is 13.9. The first kappa shape index (κ1) is 16.6. The van der Waals surface area contributed by atoms with E-state index in [-0.39, 0.29) is 12.0 Å². The van der Waals surface area contributed by atoms with Crippen LogP contribution in [0.25, 0.3) is 0 Å². The van der Waals surface area contributed by atoms with Crippen molar-refractivity contribution in [3.05, 3.63) is 76.8 Å². The Hall–Kier alpha value is -2.86. The first-order valence-corrected chi connectivity index (χ1v) is 8.71. The van der Waals surface area contributed by atoms with E-state index in [0.29, 0.717) is 30.2 Å². The minimum Gasteiger partial charge on any atom is -0.486 e. The highest BCUT2D eigenvalue weighted by molar-refractivity contribution is 6.30. The molecule has 0 aliphatic carbocycles. The molecule has 1 amide bonds. The Morgan fingerprint density at radius 1 is 1.31 bits per heavy atom. The van der Waals surface area contributed by atoms with Crippen LogP contribution in [0.5, 0.6) is 5.75 Å². The van der Waals surface area contributed by atoms with Gasteiger partial charge in [-0.2, -0.15) is 5.10 Å². The summed E-state index contributed by atoms with van der Waals surface area (Å²) < 4.78 is 7.73. The summed E-state index contributed by atoms with van der Waals surface area (Å²) in [6.45, 7) is 1.06. The number of carbonyl (C=O) groups is 1. The molecule has 7 heteroatoms. The van der Waals surface area contributed by atoms with E-state index in [1.54, 1.807) is 24.5 Å². The second-order valence-corrected chi connectivity index (χ2v) is 6.58. The van der Waals surface area contributed by atoms with Crippen LogP contribution in [0.15, 0.2) is 54.9 Å². The minimum absolute atomic E-state index is 0.00729. The summed E-state index contributed by atoms with van der Waals surface area (Å²) in [6.07, 6.45) is 4.12. The summed E-state index contributed by atoms with van der Waals surface area (Å²) >= 11 is 5.86. The van der Waals surface area contributed by atoms with Crippen molar-refractivity contribution in [2.24, 2.45) is 0 Å². The lowest BCUT2D eigenvalue weighted by molar-refractivity contribution is 0.0944. The number of benzene rings is 1. The fourth-order valence-corrected chi connectivity index (χ4v) is 3.07. The lowest BCUT2D eigenvalue weighted by Crippen LogP contribution is -2.24. The highest BCUT2D eigenvalue weighted by atomic mass is 35.5. The molecular weight excluding hydrogens is 352 g/mol. The first-order chi connectivity index (χ1) is 12.7. The topological polar surface area (TPSA) is 69.0 Å². The number of hydrogen-bond acceptors (Lipinski definition) is 4. The molecule has 0 radical (unpaired) electrons. The number of pyridine rings is 1. The number of fused-ring (bicyclic) bond motifs is 1. The van der Waals surface area contributed by atoms with Crippen LogP contribution >= 0.6 is 11.6 Å². The van der Waals surface area contributed by atoms with Crippen LogP contribution in [-0.2, 0) is 19.5 Å². The zero-order valence-corrected chi connectivity index (χ0v) is 14.7. The Balaban J connectivity index is 1.34. The molecule has 0 bridgehead atoms. The van der Waals surface area contributed by atoms with Gasteiger partial charge in [-0.1, -0.05) is 23.7 Å². The smallest absolute Gasteiger partial charge is 0.272 e. The van der Waals surface area contributed by atoms with Crippen molar-refractivity contribution in [2.75, 3.05) is 0 Å². The molecule has 0 fully saturated rings. The lowest BCUT2D eigenvalue weighted by atomic mass is 10.2. The van der Waals surface area contributed by atoms with E-state index >= 15 is 0 Å². The highest BCUT2D eigenvalue weighted by Gasteiger charge is 2.26. The fourth-order valence-electron chi connectivity index (χ4n) is 2.94. The van der Waals surface area contributed by atoms with Crippen molar-refractivity contribution in [3.8, 4) is 5.75 Å². The maximum Gasteiger partial charge on any atom is 0.272 e. The van der Waals surface area contributed by atoms with E-state index in [9.17, 15) is 4.79 Å². The van der Waals surface area contributed by atoms with Gasteiger partial charge >= 0.3 is 0 Å². The number of nitrogens with zero attached hydrogens (tertiary/aromatic N) is 3. The van der Waals surface area contributed by atoms with Gasteiger partial charge in [-0.15, -0.1) is 0 Å². The van der Waals surface area contributed by atoms with Crippen LogP contribution in [0.4, 0.5) is 0 Å². The largest absolute Gasteiger partial charge is 0.486 e. The van der Waals surface area contributed by atoms with Crippen LogP contribution in [0, 0.1) is 0 Å². The van der Waals surface area contributed by atoms with Crippen LogP contribution in [0.2, 0.25) is 5.02 Å². The molecule has 0 saturated carbocycles. The summed E-state index contributed by atoms with van der Waals surface area (Å²) in [7, 11) is 0. The molecule has 3 aromatic rings. The Kier molecular flexibility index (Phi) is 4.58. The summed E-state index contributed by atoms with van der Waals surface area (Å²) in [5.74, 6) is 0.552. The molecule has 0 saturated heterocycles. The molecule has 26 heavy (non-hydrogen) atoms. The third-order valence-corrected chi connectivity index (χ3v) is 4.46. The number of ether oxygens (including phenoxy) is 1. The molecule has 1 aromatic carbocycles. The number of halogens is 1. The normalized spacial score (nSPS) is 15.5. The number of nitrogens with one attached hydrogen (secondary N) is 1. The SMILES string of the molecule is O=C(NCc1ccc(Cl)cc1)c1cc2n(n1)C[C@@H](Oc1cccnc1)C2. The van der Waals surface area contributed by atoms with Crippen molar-refractivity contribution in [1.29, 1.82) is 0 Å². The molecule has 2 aromatic heterocycles. The maximum absolute atomic E-state index is 12.3. The van der Waals surface area contributed by atoms with Gasteiger partial charge in [0, 0.05) is 29.9 Å². The van der Waals surface area contributed by atoms with Gasteiger partial charge in [-0.05, 0) is 35.9 Å². The summed E-state index contributed by atoms with van der Waals surface area (Å²) in [5, 5.41) is 7.95. The van der Waals surface area contributed by atoms with Gasteiger partial charge in [0.2, 0.25) is 0 Å². The third-order valence-electron chi connectivity index (χ3n) is 4.21. The average molecular weight is 369 g/mol. The lowest BCUT2D eigenvalue weighted by Gasteiger charge is -2.12. The Morgan fingerprint density at radius 3 is 2.88 bits per heavy atom. The number of aromatic nitrogens is 3. The zero-order chi connectivity index (χ0) is 17.9. The number of hydrogen-bond donors (Lipinski definition) is 1. The Morgan fingerprint density at radius 2 is 2.15 bits per heavy atom. The quantitative estimate of drug-likeness (QED) is 0.751. The van der Waals surface area contributed by atoms with Crippen molar-refractivity contribution >= 4 is 17.5 Å². The van der Waals surface area contributed by atoms with Gasteiger partial charge in [0.25, 0.3) is 5.91 Å². The second kappa shape index (κ2) is 7.17. The molecule has 1 aliphatic rings. The molecule has 1 aliphatic heterocycles. The van der Waals surface area contributed by atoms with Crippen LogP contribution in [0.1, 0.15) is 21.7 Å².